The molecule has 0 bridgehead atoms. The number of nitroso groups, excluding NO2 is 1. The van der Waals surface area contributed by atoms with Crippen molar-refractivity contribution in [1.82, 2.24) is 4.57 Å². The standard InChI is InChI=1S/C26H25N3O5S/c1-33-25(30)21(27)15-17-7-10-20(11-8-17)34-14-13-29-22-12-9-19(16-23(22)35-26(29)31)24(28-32)18-5-3-2-4-6-18/h2-12,16,21,24H,13-15,27H2,1H3. The van der Waals surface area contributed by atoms with Crippen LogP contribution < -0.4 is 15.3 Å². The minimum absolute atomic E-state index is 0.0942. The highest BCUT2D eigenvalue weighted by Crippen LogP contribution is 2.29. The molecule has 4 aromatic rings. The first-order chi connectivity index (χ1) is 17.0. The van der Waals surface area contributed by atoms with Crippen LogP contribution in [0.2, 0.25) is 0 Å². The van der Waals surface area contributed by atoms with Crippen LogP contribution in [0, 0.1) is 4.91 Å². The summed E-state index contributed by atoms with van der Waals surface area (Å²) in [5.74, 6) is 0.196. The van der Waals surface area contributed by atoms with Gasteiger partial charge in [0.2, 0.25) is 0 Å². The molecule has 0 aliphatic heterocycles. The molecule has 0 saturated carbocycles. The lowest BCUT2D eigenvalue weighted by Gasteiger charge is -2.11. The van der Waals surface area contributed by atoms with Crippen LogP contribution >= 0.6 is 11.3 Å². The highest BCUT2D eigenvalue weighted by atomic mass is 32.1. The lowest BCUT2D eigenvalue weighted by atomic mass is 9.99. The molecule has 2 atom stereocenters. The Morgan fingerprint density at radius 1 is 1.06 bits per heavy atom. The number of ether oxygens (including phenoxy) is 2. The van der Waals surface area contributed by atoms with E-state index in [4.69, 9.17) is 10.5 Å². The van der Waals surface area contributed by atoms with Gasteiger partial charge in [0.1, 0.15) is 24.4 Å². The number of carbonyl (C=O) groups is 1. The Balaban J connectivity index is 1.42. The Morgan fingerprint density at radius 3 is 2.49 bits per heavy atom. The third-order valence-electron chi connectivity index (χ3n) is 5.70. The van der Waals surface area contributed by atoms with Crippen LogP contribution in [0.15, 0.2) is 82.8 Å². The fourth-order valence-corrected chi connectivity index (χ4v) is 4.85. The van der Waals surface area contributed by atoms with E-state index in [1.54, 1.807) is 16.7 Å². The first kappa shape index (κ1) is 24.3. The van der Waals surface area contributed by atoms with E-state index in [-0.39, 0.29) is 4.87 Å². The molecule has 0 aliphatic rings. The van der Waals surface area contributed by atoms with Crippen LogP contribution in [0.25, 0.3) is 10.2 Å². The number of methoxy groups -OCH3 is 1. The summed E-state index contributed by atoms with van der Waals surface area (Å²) in [5, 5.41) is 3.30. The highest BCUT2D eigenvalue weighted by Gasteiger charge is 2.17. The maximum Gasteiger partial charge on any atom is 0.322 e. The third kappa shape index (κ3) is 5.64. The van der Waals surface area contributed by atoms with Crippen molar-refractivity contribution in [1.29, 1.82) is 0 Å². The summed E-state index contributed by atoms with van der Waals surface area (Å²) >= 11 is 1.13. The Morgan fingerprint density at radius 2 is 1.80 bits per heavy atom. The molecule has 35 heavy (non-hydrogen) atoms. The number of fused-ring (bicyclic) bond motifs is 1. The highest BCUT2D eigenvalue weighted by molar-refractivity contribution is 7.16. The number of thiazole rings is 1. The van der Waals surface area contributed by atoms with Gasteiger partial charge in [0.15, 0.2) is 0 Å². The molecule has 0 saturated heterocycles. The predicted octanol–water partition coefficient (Wildman–Crippen LogP) is 4.04. The zero-order chi connectivity index (χ0) is 24.8. The maximum atomic E-state index is 12.6. The van der Waals surface area contributed by atoms with Crippen molar-refractivity contribution in [2.75, 3.05) is 13.7 Å². The molecule has 0 amide bonds. The minimum Gasteiger partial charge on any atom is -0.492 e. The number of carbonyl (C=O) groups excluding carboxylic acids is 1. The maximum absolute atomic E-state index is 12.6. The van der Waals surface area contributed by atoms with Gasteiger partial charge in [0.25, 0.3) is 0 Å². The lowest BCUT2D eigenvalue weighted by Crippen LogP contribution is -2.33. The van der Waals surface area contributed by atoms with Gasteiger partial charge in [0, 0.05) is 0 Å². The van der Waals surface area contributed by atoms with Crippen molar-refractivity contribution >= 4 is 27.5 Å². The van der Waals surface area contributed by atoms with Gasteiger partial charge in [-0.1, -0.05) is 65.0 Å². The molecule has 2 N–H and O–H groups in total. The van der Waals surface area contributed by atoms with Gasteiger partial charge in [-0.2, -0.15) is 0 Å². The van der Waals surface area contributed by atoms with Gasteiger partial charge in [-0.05, 0) is 47.4 Å². The Kier molecular flexibility index (Phi) is 7.69. The second kappa shape index (κ2) is 11.1. The summed E-state index contributed by atoms with van der Waals surface area (Å²) in [4.78, 5) is 35.5. The molecule has 2 unspecified atom stereocenters. The summed E-state index contributed by atoms with van der Waals surface area (Å²) in [6.07, 6.45) is 0.371. The third-order valence-corrected chi connectivity index (χ3v) is 6.64. The van der Waals surface area contributed by atoms with Crippen LogP contribution in [0.3, 0.4) is 0 Å². The molecule has 3 aromatic carbocycles. The van der Waals surface area contributed by atoms with Crippen molar-refractivity contribution < 1.29 is 14.3 Å². The van der Waals surface area contributed by atoms with E-state index in [2.05, 4.69) is 9.91 Å². The fourth-order valence-electron chi connectivity index (χ4n) is 3.88. The number of benzene rings is 3. The minimum atomic E-state index is -0.712. The smallest absolute Gasteiger partial charge is 0.322 e. The van der Waals surface area contributed by atoms with E-state index in [0.717, 1.165) is 38.2 Å². The summed E-state index contributed by atoms with van der Waals surface area (Å²) in [7, 11) is 1.31. The lowest BCUT2D eigenvalue weighted by molar-refractivity contribution is -0.142. The first-order valence-electron chi connectivity index (χ1n) is 11.1. The van der Waals surface area contributed by atoms with Crippen LogP contribution in [0.5, 0.6) is 5.75 Å². The number of hydrogen-bond donors (Lipinski definition) is 1. The van der Waals surface area contributed by atoms with Crippen molar-refractivity contribution in [2.45, 2.75) is 25.0 Å². The number of rotatable bonds is 10. The second-order valence-electron chi connectivity index (χ2n) is 7.99. The molecule has 0 spiro atoms. The van der Waals surface area contributed by atoms with Crippen LogP contribution in [-0.2, 0) is 22.5 Å². The molecule has 180 valence electrons. The van der Waals surface area contributed by atoms with E-state index in [1.807, 2.05) is 60.7 Å². The molecule has 4 rings (SSSR count). The van der Waals surface area contributed by atoms with E-state index < -0.39 is 18.1 Å². The van der Waals surface area contributed by atoms with E-state index in [0.29, 0.717) is 25.3 Å². The van der Waals surface area contributed by atoms with E-state index in [9.17, 15) is 14.5 Å². The van der Waals surface area contributed by atoms with Gasteiger partial charge >= 0.3 is 10.8 Å². The van der Waals surface area contributed by atoms with Gasteiger partial charge in [0.05, 0.1) is 23.9 Å². The number of nitrogens with zero attached hydrogens (tertiary/aromatic N) is 2. The van der Waals surface area contributed by atoms with Gasteiger partial charge in [-0.15, -0.1) is 4.91 Å². The molecule has 9 heteroatoms. The molecule has 1 aromatic heterocycles. The zero-order valence-corrected chi connectivity index (χ0v) is 19.9. The van der Waals surface area contributed by atoms with Crippen LogP contribution in [0.1, 0.15) is 22.7 Å². The first-order valence-corrected chi connectivity index (χ1v) is 11.9. The number of nitrogens with two attached hydrogens (primary N) is 1. The summed E-state index contributed by atoms with van der Waals surface area (Å²) in [5.41, 5.74) is 9.03. The molecule has 0 fully saturated rings. The Bertz CT molecular complexity index is 1370. The van der Waals surface area contributed by atoms with Crippen molar-refractivity contribution in [3.63, 3.8) is 0 Å². The monoisotopic (exact) mass is 491 g/mol. The molecule has 1 heterocycles. The average molecular weight is 492 g/mol. The predicted molar refractivity (Wildman–Crippen MR) is 136 cm³/mol. The fraction of sp³-hybridized carbons (Fsp3) is 0.231. The normalized spacial score (nSPS) is 12.7. The Hall–Kier alpha value is -3.82. The summed E-state index contributed by atoms with van der Waals surface area (Å²) in [6.45, 7) is 0.679. The van der Waals surface area contributed by atoms with Crippen LogP contribution in [0.4, 0.5) is 0 Å². The Labute approximate surface area is 205 Å². The topological polar surface area (TPSA) is 113 Å². The quantitative estimate of drug-likeness (QED) is 0.265. The van der Waals surface area contributed by atoms with Crippen LogP contribution in [-0.4, -0.2) is 30.3 Å². The van der Waals surface area contributed by atoms with Gasteiger partial charge in [-0.3, -0.25) is 14.2 Å². The molecule has 0 radical (unpaired) electrons. The average Bonchev–Trinajstić information content (AvgIpc) is 3.20. The zero-order valence-electron chi connectivity index (χ0n) is 19.1. The molecule has 0 aliphatic carbocycles. The SMILES string of the molecule is COC(=O)C(N)Cc1ccc(OCCn2c(=O)sc3cc(C(N=O)c4ccccc4)ccc32)cc1. The number of esters is 1. The summed E-state index contributed by atoms with van der Waals surface area (Å²) < 4.78 is 12.9. The van der Waals surface area contributed by atoms with Crippen molar-refractivity contribution in [3.05, 3.63) is 104 Å². The molecular formula is C26H25N3O5S. The van der Waals surface area contributed by atoms with Crippen molar-refractivity contribution in [3.8, 4) is 5.75 Å². The summed E-state index contributed by atoms with van der Waals surface area (Å²) in [6, 6.07) is 20.8. The van der Waals surface area contributed by atoms with Gasteiger partial charge < -0.3 is 15.2 Å². The van der Waals surface area contributed by atoms with E-state index >= 15 is 0 Å². The molecule has 8 nitrogen and oxygen atoms in total. The van der Waals surface area contributed by atoms with Gasteiger partial charge in [-0.25, -0.2) is 0 Å². The molecular weight excluding hydrogens is 466 g/mol. The number of hydrogen-bond acceptors (Lipinski definition) is 8. The van der Waals surface area contributed by atoms with Crippen molar-refractivity contribution in [2.24, 2.45) is 10.9 Å². The second-order valence-corrected chi connectivity index (χ2v) is 8.98. The number of aromatic nitrogens is 1. The largest absolute Gasteiger partial charge is 0.492 e. The van der Waals surface area contributed by atoms with E-state index in [1.165, 1.54) is 7.11 Å².